The van der Waals surface area contributed by atoms with E-state index >= 15 is 0 Å². The van der Waals surface area contributed by atoms with Crippen LogP contribution in [-0.2, 0) is 11.3 Å². The largest absolute Gasteiger partial charge is 0.376 e. The van der Waals surface area contributed by atoms with Crippen LogP contribution in [0.25, 0.3) is 0 Å². The maximum absolute atomic E-state index is 5.76. The fourth-order valence-corrected chi connectivity index (χ4v) is 3.75. The van der Waals surface area contributed by atoms with Gasteiger partial charge in [0.05, 0.1) is 18.7 Å². The van der Waals surface area contributed by atoms with Crippen molar-refractivity contribution in [2.75, 3.05) is 39.3 Å². The Bertz CT molecular complexity index is 505. The molecule has 24 heavy (non-hydrogen) atoms. The van der Waals surface area contributed by atoms with E-state index in [2.05, 4.69) is 38.8 Å². The Kier molecular flexibility index (Phi) is 6.34. The minimum absolute atomic E-state index is 0.263. The van der Waals surface area contributed by atoms with Crippen molar-refractivity contribution in [3.05, 3.63) is 18.5 Å². The quantitative estimate of drug-likeness (QED) is 0.672. The summed E-state index contributed by atoms with van der Waals surface area (Å²) >= 11 is 0. The number of hydrogen-bond acceptors (Lipinski definition) is 6. The number of tetrazole rings is 1. The summed E-state index contributed by atoms with van der Waals surface area (Å²) in [6.07, 6.45) is 6.72. The average molecular weight is 334 g/mol. The zero-order chi connectivity index (χ0) is 16.8. The van der Waals surface area contributed by atoms with E-state index in [1.165, 1.54) is 0 Å². The molecule has 2 fully saturated rings. The monoisotopic (exact) mass is 334 g/mol. The molecule has 7 nitrogen and oxygen atoms in total. The number of aromatic nitrogens is 4. The van der Waals surface area contributed by atoms with Gasteiger partial charge in [-0.05, 0) is 29.7 Å². The summed E-state index contributed by atoms with van der Waals surface area (Å²) in [6.45, 7) is 13.0. The molecule has 2 saturated heterocycles. The van der Waals surface area contributed by atoms with Gasteiger partial charge in [-0.25, -0.2) is 4.68 Å². The number of ether oxygens (including phenoxy) is 1. The predicted octanol–water partition coefficient (Wildman–Crippen LogP) is 1.50. The second kappa shape index (κ2) is 8.69. The molecular formula is C17H30N6O. The van der Waals surface area contributed by atoms with Gasteiger partial charge in [-0.15, -0.1) is 11.7 Å². The van der Waals surface area contributed by atoms with Crippen LogP contribution in [0.3, 0.4) is 0 Å². The van der Waals surface area contributed by atoms with Gasteiger partial charge in [-0.1, -0.05) is 19.4 Å². The smallest absolute Gasteiger partial charge is 0.168 e. The van der Waals surface area contributed by atoms with Crippen molar-refractivity contribution < 1.29 is 4.74 Å². The highest BCUT2D eigenvalue weighted by molar-refractivity contribution is 4.96. The summed E-state index contributed by atoms with van der Waals surface area (Å²) in [5, 5.41) is 12.6. The van der Waals surface area contributed by atoms with Crippen molar-refractivity contribution in [2.24, 2.45) is 0 Å². The molecule has 0 aliphatic carbocycles. The van der Waals surface area contributed by atoms with Gasteiger partial charge in [0.2, 0.25) is 0 Å². The zero-order valence-electron chi connectivity index (χ0n) is 14.8. The molecule has 0 radical (unpaired) electrons. The van der Waals surface area contributed by atoms with Crippen molar-refractivity contribution in [3.63, 3.8) is 0 Å². The van der Waals surface area contributed by atoms with Gasteiger partial charge in [0.25, 0.3) is 0 Å². The van der Waals surface area contributed by atoms with Crippen molar-refractivity contribution in [1.29, 1.82) is 0 Å². The first-order valence-electron chi connectivity index (χ1n) is 9.26. The topological polar surface area (TPSA) is 59.3 Å². The summed E-state index contributed by atoms with van der Waals surface area (Å²) in [6, 6.07) is 0.303. The Labute approximate surface area is 144 Å². The van der Waals surface area contributed by atoms with E-state index < -0.39 is 0 Å². The zero-order valence-corrected chi connectivity index (χ0v) is 14.8. The maximum atomic E-state index is 5.76. The van der Waals surface area contributed by atoms with Crippen LogP contribution in [0.2, 0.25) is 0 Å². The highest BCUT2D eigenvalue weighted by atomic mass is 16.5. The molecule has 2 aliphatic heterocycles. The maximum Gasteiger partial charge on any atom is 0.168 e. The summed E-state index contributed by atoms with van der Waals surface area (Å²) in [7, 11) is 0. The lowest BCUT2D eigenvalue weighted by atomic mass is 10.1. The van der Waals surface area contributed by atoms with Crippen LogP contribution in [-0.4, -0.2) is 75.4 Å². The minimum Gasteiger partial charge on any atom is -0.376 e. The predicted molar refractivity (Wildman–Crippen MR) is 92.7 cm³/mol. The molecule has 0 spiro atoms. The second-order valence-corrected chi connectivity index (χ2v) is 6.78. The molecule has 3 heterocycles. The molecule has 7 heteroatoms. The standard InChI is InChI=1S/C17H30N6O/c1-3-6-16(22-11-9-21(8-4-2)10-12-22)17-18-19-20-23(17)14-15-7-5-13-24-15/h4,15-16H,2-3,5-14H2,1H3/t15-,16+/m0/s1. The Morgan fingerprint density at radius 3 is 2.83 bits per heavy atom. The first-order valence-corrected chi connectivity index (χ1v) is 9.26. The van der Waals surface area contributed by atoms with Crippen LogP contribution in [0.4, 0.5) is 0 Å². The van der Waals surface area contributed by atoms with Crippen molar-refractivity contribution in [3.8, 4) is 0 Å². The van der Waals surface area contributed by atoms with E-state index in [1.54, 1.807) is 0 Å². The van der Waals surface area contributed by atoms with E-state index in [1.807, 2.05) is 10.8 Å². The summed E-state index contributed by atoms with van der Waals surface area (Å²) in [4.78, 5) is 4.99. The number of nitrogens with zero attached hydrogens (tertiary/aromatic N) is 6. The minimum atomic E-state index is 0.263. The Morgan fingerprint density at radius 2 is 2.17 bits per heavy atom. The number of piperazine rings is 1. The molecule has 0 unspecified atom stereocenters. The summed E-state index contributed by atoms with van der Waals surface area (Å²) < 4.78 is 7.74. The molecule has 0 aromatic carbocycles. The lowest BCUT2D eigenvalue weighted by Gasteiger charge is -2.38. The van der Waals surface area contributed by atoms with E-state index in [0.29, 0.717) is 6.04 Å². The molecule has 0 saturated carbocycles. The van der Waals surface area contributed by atoms with Gasteiger partial charge in [-0.2, -0.15) is 0 Å². The van der Waals surface area contributed by atoms with Crippen LogP contribution < -0.4 is 0 Å². The highest BCUT2D eigenvalue weighted by Gasteiger charge is 2.29. The number of hydrogen-bond donors (Lipinski definition) is 0. The van der Waals surface area contributed by atoms with Gasteiger partial charge in [0.15, 0.2) is 5.82 Å². The molecule has 1 aromatic heterocycles. The van der Waals surface area contributed by atoms with Gasteiger partial charge >= 0.3 is 0 Å². The third-order valence-electron chi connectivity index (χ3n) is 5.06. The van der Waals surface area contributed by atoms with Crippen LogP contribution in [0, 0.1) is 0 Å². The molecule has 134 valence electrons. The van der Waals surface area contributed by atoms with Crippen LogP contribution in [0.5, 0.6) is 0 Å². The molecule has 0 amide bonds. The SMILES string of the molecule is C=CCN1CCN([C@H](CCC)c2nnnn2C[C@@H]2CCCO2)CC1. The van der Waals surface area contributed by atoms with Crippen molar-refractivity contribution in [2.45, 2.75) is 51.3 Å². The van der Waals surface area contributed by atoms with E-state index in [4.69, 9.17) is 4.74 Å². The molecular weight excluding hydrogens is 304 g/mol. The van der Waals surface area contributed by atoms with Crippen molar-refractivity contribution >= 4 is 0 Å². The average Bonchev–Trinajstić information content (AvgIpc) is 3.26. The van der Waals surface area contributed by atoms with Crippen LogP contribution >= 0.6 is 0 Å². The molecule has 3 rings (SSSR count). The molecule has 1 aromatic rings. The lowest BCUT2D eigenvalue weighted by molar-refractivity contribution is 0.0790. The van der Waals surface area contributed by atoms with Gasteiger partial charge < -0.3 is 4.74 Å². The third-order valence-corrected chi connectivity index (χ3v) is 5.06. The van der Waals surface area contributed by atoms with Crippen LogP contribution in [0.15, 0.2) is 12.7 Å². The highest BCUT2D eigenvalue weighted by Crippen LogP contribution is 2.26. The third kappa shape index (κ3) is 4.20. The van der Waals surface area contributed by atoms with Crippen molar-refractivity contribution in [1.82, 2.24) is 30.0 Å². The summed E-state index contributed by atoms with van der Waals surface area (Å²) in [5.41, 5.74) is 0. The van der Waals surface area contributed by atoms with Crippen LogP contribution in [0.1, 0.15) is 44.5 Å². The Morgan fingerprint density at radius 1 is 1.33 bits per heavy atom. The normalized spacial score (nSPS) is 24.3. The fourth-order valence-electron chi connectivity index (χ4n) is 3.75. The Balaban J connectivity index is 1.67. The molecule has 0 N–H and O–H groups in total. The fraction of sp³-hybridized carbons (Fsp3) is 0.824. The van der Waals surface area contributed by atoms with Gasteiger partial charge in [0, 0.05) is 39.3 Å². The van der Waals surface area contributed by atoms with E-state index in [9.17, 15) is 0 Å². The first kappa shape index (κ1) is 17.5. The molecule has 0 bridgehead atoms. The first-order chi connectivity index (χ1) is 11.8. The Hall–Kier alpha value is -1.31. The molecule has 2 aliphatic rings. The van der Waals surface area contributed by atoms with Gasteiger partial charge in [0.1, 0.15) is 0 Å². The van der Waals surface area contributed by atoms with Gasteiger partial charge in [-0.3, -0.25) is 9.80 Å². The van der Waals surface area contributed by atoms with E-state index in [0.717, 1.165) is 77.4 Å². The summed E-state index contributed by atoms with van der Waals surface area (Å²) in [5.74, 6) is 1.00. The number of rotatable bonds is 8. The second-order valence-electron chi connectivity index (χ2n) is 6.78. The lowest BCUT2D eigenvalue weighted by Crippen LogP contribution is -2.48. The molecule has 2 atom stereocenters. The van der Waals surface area contributed by atoms with E-state index in [-0.39, 0.29) is 6.10 Å².